The second-order valence-corrected chi connectivity index (χ2v) is 9.05. The van der Waals surface area contributed by atoms with E-state index in [2.05, 4.69) is 22.3 Å². The molecular formula is C25H35N3O3. The third-order valence-corrected chi connectivity index (χ3v) is 6.90. The fourth-order valence-corrected chi connectivity index (χ4v) is 5.24. The number of anilines is 1. The summed E-state index contributed by atoms with van der Waals surface area (Å²) in [6.45, 7) is 6.01. The van der Waals surface area contributed by atoms with Crippen LogP contribution in [0.2, 0.25) is 0 Å². The third-order valence-electron chi connectivity index (χ3n) is 6.90. The van der Waals surface area contributed by atoms with E-state index in [9.17, 15) is 0 Å². The number of aryl methyl sites for hydroxylation is 1. The number of methoxy groups -OCH3 is 1. The van der Waals surface area contributed by atoms with Gasteiger partial charge in [-0.1, -0.05) is 0 Å². The Morgan fingerprint density at radius 1 is 1.13 bits per heavy atom. The zero-order valence-corrected chi connectivity index (χ0v) is 18.8. The summed E-state index contributed by atoms with van der Waals surface area (Å²) in [6.07, 6.45) is 9.61. The van der Waals surface area contributed by atoms with E-state index in [0.717, 1.165) is 74.2 Å². The molecular weight excluding hydrogens is 390 g/mol. The first-order valence-corrected chi connectivity index (χ1v) is 12.1. The Labute approximate surface area is 185 Å². The Morgan fingerprint density at radius 3 is 2.84 bits per heavy atom. The molecule has 1 aromatic carbocycles. The van der Waals surface area contributed by atoms with Crippen molar-refractivity contribution < 1.29 is 14.2 Å². The molecule has 2 aliphatic heterocycles. The predicted molar refractivity (Wildman–Crippen MR) is 124 cm³/mol. The van der Waals surface area contributed by atoms with Crippen molar-refractivity contribution in [1.82, 2.24) is 9.88 Å². The summed E-state index contributed by atoms with van der Waals surface area (Å²) in [5.41, 5.74) is 4.80. The van der Waals surface area contributed by atoms with Gasteiger partial charge in [0.2, 0.25) is 0 Å². The van der Waals surface area contributed by atoms with Gasteiger partial charge in [-0.05, 0) is 76.1 Å². The summed E-state index contributed by atoms with van der Waals surface area (Å²) in [7, 11) is 1.72. The van der Waals surface area contributed by atoms with Gasteiger partial charge in [0.1, 0.15) is 0 Å². The highest BCUT2D eigenvalue weighted by atomic mass is 16.5. The molecule has 2 saturated heterocycles. The largest absolute Gasteiger partial charge is 0.493 e. The lowest BCUT2D eigenvalue weighted by Crippen LogP contribution is -2.22. The van der Waals surface area contributed by atoms with E-state index in [0.29, 0.717) is 12.7 Å². The molecule has 1 atom stereocenters. The van der Waals surface area contributed by atoms with Crippen LogP contribution in [-0.4, -0.2) is 62.5 Å². The van der Waals surface area contributed by atoms with E-state index in [1.54, 1.807) is 7.11 Å². The molecule has 1 aromatic heterocycles. The maximum absolute atomic E-state index is 6.16. The lowest BCUT2D eigenvalue weighted by molar-refractivity contribution is 0.120. The highest BCUT2D eigenvalue weighted by Crippen LogP contribution is 2.39. The maximum Gasteiger partial charge on any atom is 0.163 e. The summed E-state index contributed by atoms with van der Waals surface area (Å²) in [6, 6.07) is 4.18. The number of aromatic nitrogens is 1. The minimum Gasteiger partial charge on any atom is -0.493 e. The summed E-state index contributed by atoms with van der Waals surface area (Å²) in [4.78, 5) is 7.53. The summed E-state index contributed by atoms with van der Waals surface area (Å²) < 4.78 is 17.7. The number of pyridine rings is 1. The zero-order chi connectivity index (χ0) is 21.0. The summed E-state index contributed by atoms with van der Waals surface area (Å²) in [5, 5.41) is 4.84. The van der Waals surface area contributed by atoms with Crippen LogP contribution in [0, 0.1) is 0 Å². The van der Waals surface area contributed by atoms with Crippen LogP contribution < -0.4 is 14.8 Å². The van der Waals surface area contributed by atoms with Crippen molar-refractivity contribution in [2.45, 2.75) is 57.5 Å². The molecule has 168 valence electrons. The van der Waals surface area contributed by atoms with E-state index in [4.69, 9.17) is 19.2 Å². The van der Waals surface area contributed by atoms with E-state index in [-0.39, 0.29) is 0 Å². The highest BCUT2D eigenvalue weighted by molar-refractivity contribution is 5.96. The Kier molecular flexibility index (Phi) is 6.46. The van der Waals surface area contributed by atoms with Gasteiger partial charge in [0.15, 0.2) is 11.5 Å². The molecule has 2 fully saturated rings. The number of fused-ring (bicyclic) bond motifs is 2. The molecule has 5 rings (SSSR count). The average molecular weight is 426 g/mol. The van der Waals surface area contributed by atoms with Crippen molar-refractivity contribution >= 4 is 16.6 Å². The summed E-state index contributed by atoms with van der Waals surface area (Å²) in [5.74, 6) is 1.58. The minimum absolute atomic E-state index is 0.306. The Morgan fingerprint density at radius 2 is 2.03 bits per heavy atom. The van der Waals surface area contributed by atoms with Crippen molar-refractivity contribution in [2.24, 2.45) is 0 Å². The molecule has 0 saturated carbocycles. The van der Waals surface area contributed by atoms with Crippen molar-refractivity contribution in [3.63, 3.8) is 0 Å². The number of nitrogens with zero attached hydrogens (tertiary/aromatic N) is 2. The number of benzene rings is 1. The fraction of sp³-hybridized carbons (Fsp3) is 0.640. The van der Waals surface area contributed by atoms with Crippen molar-refractivity contribution in [3.8, 4) is 11.5 Å². The zero-order valence-electron chi connectivity index (χ0n) is 18.8. The molecule has 3 aliphatic rings. The van der Waals surface area contributed by atoms with Gasteiger partial charge in [-0.15, -0.1) is 0 Å². The molecule has 3 heterocycles. The number of hydrogen-bond donors (Lipinski definition) is 1. The Bertz CT molecular complexity index is 905. The number of hydrogen-bond acceptors (Lipinski definition) is 6. The van der Waals surface area contributed by atoms with Gasteiger partial charge in [-0.3, -0.25) is 4.98 Å². The topological polar surface area (TPSA) is 55.9 Å². The molecule has 1 aliphatic carbocycles. The highest BCUT2D eigenvalue weighted by Gasteiger charge is 2.23. The molecule has 2 aromatic rings. The molecule has 0 spiro atoms. The van der Waals surface area contributed by atoms with E-state index >= 15 is 0 Å². The van der Waals surface area contributed by atoms with Crippen LogP contribution in [0.25, 0.3) is 10.9 Å². The van der Waals surface area contributed by atoms with Crippen LogP contribution in [0.5, 0.6) is 11.5 Å². The van der Waals surface area contributed by atoms with Crippen LogP contribution in [0.3, 0.4) is 0 Å². The lowest BCUT2D eigenvalue weighted by Gasteiger charge is -2.19. The quantitative estimate of drug-likeness (QED) is 0.608. The van der Waals surface area contributed by atoms with Gasteiger partial charge < -0.3 is 24.4 Å². The molecule has 0 radical (unpaired) electrons. The minimum atomic E-state index is 0.306. The van der Waals surface area contributed by atoms with Gasteiger partial charge in [-0.2, -0.15) is 0 Å². The fourth-order valence-electron chi connectivity index (χ4n) is 5.24. The number of likely N-dealkylation sites (tertiary alicyclic amines) is 1. The Balaban J connectivity index is 1.36. The standard InChI is InChI=1S/C25H35N3O3/c1-29-23-15-20-22(16-24(23)31-14-6-12-28-10-2-3-11-28)27-21-9-4-8-19(21)25(20)26-17-18-7-5-13-30-18/h15-16,18H,2-14,17H2,1H3,(H,26,27)/t18-/m0/s1. The molecule has 1 N–H and O–H groups in total. The van der Waals surface area contributed by atoms with Crippen LogP contribution >= 0.6 is 0 Å². The van der Waals surface area contributed by atoms with Crippen molar-refractivity contribution in [2.75, 3.05) is 51.8 Å². The van der Waals surface area contributed by atoms with E-state index in [1.807, 2.05) is 0 Å². The van der Waals surface area contributed by atoms with Crippen LogP contribution in [0.4, 0.5) is 5.69 Å². The SMILES string of the molecule is COc1cc2c(NC[C@@H]3CCCO3)c3c(nc2cc1OCCCN1CCCC1)CCC3. The first kappa shape index (κ1) is 20.8. The van der Waals surface area contributed by atoms with Gasteiger partial charge in [0.05, 0.1) is 25.3 Å². The normalized spacial score (nSPS) is 21.0. The maximum atomic E-state index is 6.16. The van der Waals surface area contributed by atoms with Crippen molar-refractivity contribution in [1.29, 1.82) is 0 Å². The lowest BCUT2D eigenvalue weighted by atomic mass is 10.1. The molecule has 6 nitrogen and oxygen atoms in total. The smallest absolute Gasteiger partial charge is 0.163 e. The second kappa shape index (κ2) is 9.61. The van der Waals surface area contributed by atoms with Crippen LogP contribution in [0.1, 0.15) is 49.8 Å². The average Bonchev–Trinajstić information content (AvgIpc) is 3.56. The van der Waals surface area contributed by atoms with Gasteiger partial charge in [0.25, 0.3) is 0 Å². The van der Waals surface area contributed by atoms with E-state index in [1.165, 1.54) is 49.3 Å². The monoisotopic (exact) mass is 425 g/mol. The van der Waals surface area contributed by atoms with Crippen LogP contribution in [0.15, 0.2) is 12.1 Å². The first-order valence-electron chi connectivity index (χ1n) is 12.1. The molecule has 0 unspecified atom stereocenters. The second-order valence-electron chi connectivity index (χ2n) is 9.05. The third kappa shape index (κ3) is 4.60. The van der Waals surface area contributed by atoms with Gasteiger partial charge in [0, 0.05) is 42.5 Å². The Hall–Kier alpha value is -2.05. The number of ether oxygens (including phenoxy) is 3. The summed E-state index contributed by atoms with van der Waals surface area (Å²) >= 11 is 0. The van der Waals surface area contributed by atoms with Crippen LogP contribution in [-0.2, 0) is 17.6 Å². The molecule has 0 bridgehead atoms. The number of nitrogens with one attached hydrogen (secondary N) is 1. The molecule has 6 heteroatoms. The molecule has 0 amide bonds. The van der Waals surface area contributed by atoms with Gasteiger partial charge >= 0.3 is 0 Å². The van der Waals surface area contributed by atoms with Gasteiger partial charge in [-0.25, -0.2) is 0 Å². The van der Waals surface area contributed by atoms with Crippen molar-refractivity contribution in [3.05, 3.63) is 23.4 Å². The molecule has 31 heavy (non-hydrogen) atoms. The van der Waals surface area contributed by atoms with E-state index < -0.39 is 0 Å². The predicted octanol–water partition coefficient (Wildman–Crippen LogP) is 4.19. The first-order chi connectivity index (χ1) is 15.3. The number of rotatable bonds is 9.